The molecule has 1 unspecified atom stereocenters. The molecule has 1 aliphatic rings. The molecule has 1 aromatic rings. The van der Waals surface area contributed by atoms with Crippen molar-refractivity contribution in [2.24, 2.45) is 5.92 Å². The van der Waals surface area contributed by atoms with Gasteiger partial charge in [-0.3, -0.25) is 0 Å². The van der Waals surface area contributed by atoms with Crippen molar-refractivity contribution in [2.75, 3.05) is 25.0 Å². The van der Waals surface area contributed by atoms with Gasteiger partial charge in [0.25, 0.3) is 0 Å². The SMILES string of the molecule is CNCC1CN(c2c(C)cccc2C)C(C)(C)C1. The molecule has 0 aromatic heterocycles. The summed E-state index contributed by atoms with van der Waals surface area (Å²) in [6.07, 6.45) is 1.27. The van der Waals surface area contributed by atoms with Crippen molar-refractivity contribution < 1.29 is 0 Å². The van der Waals surface area contributed by atoms with Gasteiger partial charge in [-0.1, -0.05) is 18.2 Å². The number of rotatable bonds is 3. The molecule has 100 valence electrons. The number of hydrogen-bond donors (Lipinski definition) is 1. The minimum absolute atomic E-state index is 0.262. The van der Waals surface area contributed by atoms with E-state index in [2.05, 4.69) is 63.2 Å². The van der Waals surface area contributed by atoms with Gasteiger partial charge in [0.05, 0.1) is 0 Å². The fourth-order valence-corrected chi connectivity index (χ4v) is 3.44. The lowest BCUT2D eigenvalue weighted by Crippen LogP contribution is -2.39. The predicted molar refractivity (Wildman–Crippen MR) is 79.4 cm³/mol. The van der Waals surface area contributed by atoms with Crippen LogP contribution in [0.1, 0.15) is 31.4 Å². The van der Waals surface area contributed by atoms with Crippen LogP contribution in [0.4, 0.5) is 5.69 Å². The molecule has 2 heteroatoms. The highest BCUT2D eigenvalue weighted by Crippen LogP contribution is 2.39. The Morgan fingerprint density at radius 1 is 1.28 bits per heavy atom. The lowest BCUT2D eigenvalue weighted by molar-refractivity contribution is 0.461. The van der Waals surface area contributed by atoms with Gasteiger partial charge in [0.15, 0.2) is 0 Å². The van der Waals surface area contributed by atoms with Crippen molar-refractivity contribution in [3.8, 4) is 0 Å². The molecule has 18 heavy (non-hydrogen) atoms. The van der Waals surface area contributed by atoms with Gasteiger partial charge in [-0.05, 0) is 64.8 Å². The molecule has 0 aliphatic carbocycles. The van der Waals surface area contributed by atoms with E-state index in [-0.39, 0.29) is 5.54 Å². The van der Waals surface area contributed by atoms with Crippen LogP contribution >= 0.6 is 0 Å². The second-order valence-corrected chi connectivity index (χ2v) is 6.29. The largest absolute Gasteiger partial charge is 0.366 e. The summed E-state index contributed by atoms with van der Waals surface area (Å²) in [5.41, 5.74) is 4.50. The van der Waals surface area contributed by atoms with E-state index in [4.69, 9.17) is 0 Å². The van der Waals surface area contributed by atoms with E-state index in [0.29, 0.717) is 0 Å². The Bertz CT molecular complexity index is 403. The number of nitrogens with one attached hydrogen (secondary N) is 1. The first-order valence-electron chi connectivity index (χ1n) is 6.94. The first-order chi connectivity index (χ1) is 8.45. The third-order valence-corrected chi connectivity index (χ3v) is 4.16. The van der Waals surface area contributed by atoms with Crippen molar-refractivity contribution in [1.29, 1.82) is 0 Å². The Morgan fingerprint density at radius 3 is 2.44 bits per heavy atom. The van der Waals surface area contributed by atoms with Crippen LogP contribution in [0.5, 0.6) is 0 Å². The third kappa shape index (κ3) is 2.39. The zero-order valence-electron chi connectivity index (χ0n) is 12.4. The maximum atomic E-state index is 3.32. The summed E-state index contributed by atoms with van der Waals surface area (Å²) >= 11 is 0. The summed E-state index contributed by atoms with van der Waals surface area (Å²) in [6.45, 7) is 11.5. The van der Waals surface area contributed by atoms with Crippen LogP contribution in [0.15, 0.2) is 18.2 Å². The van der Waals surface area contributed by atoms with E-state index >= 15 is 0 Å². The molecule has 1 fully saturated rings. The van der Waals surface area contributed by atoms with Gasteiger partial charge < -0.3 is 10.2 Å². The molecule has 1 saturated heterocycles. The van der Waals surface area contributed by atoms with Crippen molar-refractivity contribution in [3.05, 3.63) is 29.3 Å². The topological polar surface area (TPSA) is 15.3 Å². The lowest BCUT2D eigenvalue weighted by atomic mass is 9.95. The fourth-order valence-electron chi connectivity index (χ4n) is 3.44. The Morgan fingerprint density at radius 2 is 1.89 bits per heavy atom. The van der Waals surface area contributed by atoms with Crippen molar-refractivity contribution in [2.45, 2.75) is 39.7 Å². The molecule has 1 aromatic carbocycles. The van der Waals surface area contributed by atoms with E-state index < -0.39 is 0 Å². The fraction of sp³-hybridized carbons (Fsp3) is 0.625. The summed E-state index contributed by atoms with van der Waals surface area (Å²) in [5, 5.41) is 3.32. The first-order valence-corrected chi connectivity index (χ1v) is 6.94. The molecule has 2 rings (SSSR count). The summed E-state index contributed by atoms with van der Waals surface area (Å²) in [5.74, 6) is 0.754. The number of benzene rings is 1. The molecule has 1 aliphatic heterocycles. The van der Waals surface area contributed by atoms with Crippen LogP contribution in [-0.4, -0.2) is 25.7 Å². The quantitative estimate of drug-likeness (QED) is 0.881. The number of nitrogens with zero attached hydrogens (tertiary/aromatic N) is 1. The number of para-hydroxylation sites is 1. The zero-order chi connectivity index (χ0) is 13.3. The number of hydrogen-bond acceptors (Lipinski definition) is 2. The maximum Gasteiger partial charge on any atom is 0.0430 e. The molecule has 1 heterocycles. The summed E-state index contributed by atoms with van der Waals surface area (Å²) in [7, 11) is 2.05. The number of anilines is 1. The zero-order valence-corrected chi connectivity index (χ0v) is 12.4. The molecular formula is C16H26N2. The van der Waals surface area contributed by atoms with Gasteiger partial charge in [0, 0.05) is 17.8 Å². The van der Waals surface area contributed by atoms with Crippen LogP contribution in [0.3, 0.4) is 0 Å². The normalized spacial score (nSPS) is 22.5. The van der Waals surface area contributed by atoms with E-state index in [1.165, 1.54) is 29.8 Å². The maximum absolute atomic E-state index is 3.32. The van der Waals surface area contributed by atoms with E-state index in [1.54, 1.807) is 0 Å². The number of aryl methyl sites for hydroxylation is 2. The van der Waals surface area contributed by atoms with E-state index in [9.17, 15) is 0 Å². The van der Waals surface area contributed by atoms with Crippen LogP contribution in [0.2, 0.25) is 0 Å². The molecule has 0 radical (unpaired) electrons. The smallest absolute Gasteiger partial charge is 0.0430 e. The standard InChI is InChI=1S/C16H26N2/c1-12-7-6-8-13(2)15(12)18-11-14(10-17-5)9-16(18,3)4/h6-8,14,17H,9-11H2,1-5H3. The molecule has 0 saturated carbocycles. The highest BCUT2D eigenvalue weighted by molar-refractivity contribution is 5.61. The van der Waals surface area contributed by atoms with Crippen LogP contribution in [0.25, 0.3) is 0 Å². The summed E-state index contributed by atoms with van der Waals surface area (Å²) < 4.78 is 0. The summed E-state index contributed by atoms with van der Waals surface area (Å²) in [6, 6.07) is 6.61. The molecule has 0 amide bonds. The average Bonchev–Trinajstić information content (AvgIpc) is 2.54. The van der Waals surface area contributed by atoms with Crippen molar-refractivity contribution in [1.82, 2.24) is 5.32 Å². The van der Waals surface area contributed by atoms with Gasteiger partial charge in [0.1, 0.15) is 0 Å². The Labute approximate surface area is 111 Å². The van der Waals surface area contributed by atoms with E-state index in [0.717, 1.165) is 12.5 Å². The minimum Gasteiger partial charge on any atom is -0.366 e. The highest BCUT2D eigenvalue weighted by atomic mass is 15.2. The van der Waals surface area contributed by atoms with Crippen molar-refractivity contribution >= 4 is 5.69 Å². The first kappa shape index (κ1) is 13.4. The molecule has 1 N–H and O–H groups in total. The van der Waals surface area contributed by atoms with E-state index in [1.807, 2.05) is 0 Å². The second-order valence-electron chi connectivity index (χ2n) is 6.29. The molecule has 0 spiro atoms. The molecule has 1 atom stereocenters. The Balaban J connectivity index is 2.32. The molecule has 0 bridgehead atoms. The molecule has 2 nitrogen and oxygen atoms in total. The second kappa shape index (κ2) is 4.93. The van der Waals surface area contributed by atoms with Gasteiger partial charge in [-0.15, -0.1) is 0 Å². The van der Waals surface area contributed by atoms with Gasteiger partial charge in [0.2, 0.25) is 0 Å². The average molecular weight is 246 g/mol. The van der Waals surface area contributed by atoms with Gasteiger partial charge in [-0.2, -0.15) is 0 Å². The van der Waals surface area contributed by atoms with Crippen LogP contribution in [-0.2, 0) is 0 Å². The molecular weight excluding hydrogens is 220 g/mol. The minimum atomic E-state index is 0.262. The van der Waals surface area contributed by atoms with Crippen LogP contribution in [0, 0.1) is 19.8 Å². The lowest BCUT2D eigenvalue weighted by Gasteiger charge is -2.36. The van der Waals surface area contributed by atoms with Gasteiger partial charge in [-0.25, -0.2) is 0 Å². The monoisotopic (exact) mass is 246 g/mol. The Kier molecular flexibility index (Phi) is 3.67. The van der Waals surface area contributed by atoms with Gasteiger partial charge >= 0.3 is 0 Å². The third-order valence-electron chi connectivity index (χ3n) is 4.16. The Hall–Kier alpha value is -1.02. The van der Waals surface area contributed by atoms with Crippen molar-refractivity contribution in [3.63, 3.8) is 0 Å². The predicted octanol–water partition coefficient (Wildman–Crippen LogP) is 3.13. The summed E-state index contributed by atoms with van der Waals surface area (Å²) in [4.78, 5) is 2.61. The van der Waals surface area contributed by atoms with Crippen LogP contribution < -0.4 is 10.2 Å². The highest BCUT2D eigenvalue weighted by Gasteiger charge is 2.38.